The Kier molecular flexibility index (Phi) is 8.57. The van der Waals surface area contributed by atoms with Crippen LogP contribution in [0.2, 0.25) is 0 Å². The van der Waals surface area contributed by atoms with Crippen LogP contribution in [-0.2, 0) is 0 Å². The zero-order valence-electron chi connectivity index (χ0n) is 18.3. The van der Waals surface area contributed by atoms with Crippen LogP contribution in [0, 0.1) is 35.0 Å². The summed E-state index contributed by atoms with van der Waals surface area (Å²) >= 11 is 0. The lowest BCUT2D eigenvalue weighted by Gasteiger charge is -2.28. The molecule has 0 spiro atoms. The summed E-state index contributed by atoms with van der Waals surface area (Å²) in [6.07, 6.45) is 9.49. The second-order valence-corrected chi connectivity index (χ2v) is 9.30. The Morgan fingerprint density at radius 1 is 0.750 bits per heavy atom. The highest BCUT2D eigenvalue weighted by atomic mass is 14.5. The van der Waals surface area contributed by atoms with E-state index in [4.69, 9.17) is 0 Å². The van der Waals surface area contributed by atoms with Crippen LogP contribution in [0.25, 0.3) is 0 Å². The fourth-order valence-electron chi connectivity index (χ4n) is 5.29. The first-order valence-corrected chi connectivity index (χ1v) is 11.0. The third-order valence-electron chi connectivity index (χ3n) is 7.36. The van der Waals surface area contributed by atoms with Gasteiger partial charge in [0.05, 0.1) is 0 Å². The van der Waals surface area contributed by atoms with Crippen LogP contribution in [0.15, 0.2) is 11.1 Å². The molecule has 142 valence electrons. The van der Waals surface area contributed by atoms with Crippen LogP contribution in [0.3, 0.4) is 0 Å². The van der Waals surface area contributed by atoms with Crippen LogP contribution >= 0.6 is 0 Å². The monoisotopic (exact) mass is 334 g/mol. The molecule has 24 heavy (non-hydrogen) atoms. The van der Waals surface area contributed by atoms with Gasteiger partial charge in [-0.25, -0.2) is 0 Å². The second kappa shape index (κ2) is 9.44. The van der Waals surface area contributed by atoms with E-state index in [9.17, 15) is 0 Å². The van der Waals surface area contributed by atoms with Crippen molar-refractivity contribution in [3.63, 3.8) is 0 Å². The van der Waals surface area contributed by atoms with Gasteiger partial charge in [0.2, 0.25) is 0 Å². The molecule has 1 aliphatic carbocycles. The average Bonchev–Trinajstić information content (AvgIpc) is 3.18. The summed E-state index contributed by atoms with van der Waals surface area (Å²) in [5.41, 5.74) is 4.15. The van der Waals surface area contributed by atoms with Crippen LogP contribution < -0.4 is 0 Å². The topological polar surface area (TPSA) is 0 Å². The third kappa shape index (κ3) is 4.89. The van der Waals surface area contributed by atoms with E-state index in [1.165, 1.54) is 44.9 Å². The van der Waals surface area contributed by atoms with Crippen molar-refractivity contribution in [2.24, 2.45) is 35.0 Å². The van der Waals surface area contributed by atoms with Gasteiger partial charge in [-0.05, 0) is 48.9 Å². The van der Waals surface area contributed by atoms with Crippen molar-refractivity contribution in [3.8, 4) is 0 Å². The maximum absolute atomic E-state index is 2.52. The molecule has 6 unspecified atom stereocenters. The molecular formula is C24H46. The van der Waals surface area contributed by atoms with Gasteiger partial charge in [0.1, 0.15) is 0 Å². The van der Waals surface area contributed by atoms with E-state index >= 15 is 0 Å². The van der Waals surface area contributed by atoms with E-state index < -0.39 is 0 Å². The Labute approximate surface area is 153 Å². The van der Waals surface area contributed by atoms with Gasteiger partial charge in [0.25, 0.3) is 0 Å². The predicted molar refractivity (Wildman–Crippen MR) is 110 cm³/mol. The predicted octanol–water partition coefficient (Wildman–Crippen LogP) is 8.27. The van der Waals surface area contributed by atoms with E-state index in [0.29, 0.717) is 5.41 Å². The Bertz CT molecular complexity index is 404. The molecule has 0 heteroatoms. The summed E-state index contributed by atoms with van der Waals surface area (Å²) in [4.78, 5) is 0. The molecule has 0 aromatic carbocycles. The molecule has 0 saturated heterocycles. The lowest BCUT2D eigenvalue weighted by atomic mass is 9.77. The molecular weight excluding hydrogens is 288 g/mol. The van der Waals surface area contributed by atoms with Crippen molar-refractivity contribution in [1.82, 2.24) is 0 Å². The summed E-state index contributed by atoms with van der Waals surface area (Å²) in [7, 11) is 0. The molecule has 0 bridgehead atoms. The first kappa shape index (κ1) is 21.8. The molecule has 1 aliphatic rings. The number of hydrogen-bond acceptors (Lipinski definition) is 0. The van der Waals surface area contributed by atoms with Crippen LogP contribution in [0.4, 0.5) is 0 Å². The molecule has 0 aromatic heterocycles. The molecule has 0 radical (unpaired) electrons. The van der Waals surface area contributed by atoms with Crippen molar-refractivity contribution >= 4 is 0 Å². The Hall–Kier alpha value is -0.260. The molecule has 0 aliphatic heterocycles. The highest BCUT2D eigenvalue weighted by Gasteiger charge is 2.50. The van der Waals surface area contributed by atoms with E-state index in [1.807, 2.05) is 11.1 Å². The Balaban J connectivity index is 2.73. The van der Waals surface area contributed by atoms with Gasteiger partial charge in [-0.15, -0.1) is 0 Å². The minimum absolute atomic E-state index is 0.463. The minimum Gasteiger partial charge on any atom is -0.0654 e. The van der Waals surface area contributed by atoms with Crippen molar-refractivity contribution in [1.29, 1.82) is 0 Å². The normalized spacial score (nSPS) is 26.9. The van der Waals surface area contributed by atoms with Gasteiger partial charge in [0, 0.05) is 5.41 Å². The van der Waals surface area contributed by atoms with Gasteiger partial charge in [-0.2, -0.15) is 0 Å². The van der Waals surface area contributed by atoms with E-state index in [2.05, 4.69) is 62.3 Å². The fraction of sp³-hybridized carbons (Fsp3) is 0.917. The summed E-state index contributed by atoms with van der Waals surface area (Å²) in [6, 6.07) is 0. The van der Waals surface area contributed by atoms with Crippen molar-refractivity contribution in [2.75, 3.05) is 0 Å². The second-order valence-electron chi connectivity index (χ2n) is 9.30. The minimum atomic E-state index is 0.463. The van der Waals surface area contributed by atoms with Gasteiger partial charge in [0.15, 0.2) is 0 Å². The Morgan fingerprint density at radius 3 is 1.83 bits per heavy atom. The van der Waals surface area contributed by atoms with E-state index in [1.54, 1.807) is 0 Å². The molecule has 0 N–H and O–H groups in total. The van der Waals surface area contributed by atoms with Crippen molar-refractivity contribution in [3.05, 3.63) is 11.1 Å². The van der Waals surface area contributed by atoms with Crippen molar-refractivity contribution in [2.45, 2.75) is 107 Å². The molecule has 0 amide bonds. The smallest absolute Gasteiger partial charge is 0.0101 e. The van der Waals surface area contributed by atoms with Crippen LogP contribution in [0.1, 0.15) is 107 Å². The van der Waals surface area contributed by atoms with Gasteiger partial charge >= 0.3 is 0 Å². The average molecular weight is 335 g/mol. The summed E-state index contributed by atoms with van der Waals surface area (Å²) < 4.78 is 0. The van der Waals surface area contributed by atoms with Gasteiger partial charge < -0.3 is 0 Å². The molecule has 0 heterocycles. The molecule has 0 aromatic rings. The quantitative estimate of drug-likeness (QED) is 0.315. The standard InChI is InChI=1S/C24H46/c1-10-13-15-18(5)22-23(24(22,9)12-3)20(7)16-19(6)21(8)17(4)14-11-2/h17-21H,10-16H2,1-9H3. The van der Waals surface area contributed by atoms with Crippen molar-refractivity contribution < 1.29 is 0 Å². The summed E-state index contributed by atoms with van der Waals surface area (Å²) in [6.45, 7) is 22.0. The maximum atomic E-state index is 2.52. The van der Waals surface area contributed by atoms with E-state index in [0.717, 1.165) is 29.6 Å². The van der Waals surface area contributed by atoms with Gasteiger partial charge in [-0.1, -0.05) is 99.1 Å². The number of allylic oxidation sites excluding steroid dienone is 2. The molecule has 1 rings (SSSR count). The first-order valence-electron chi connectivity index (χ1n) is 11.0. The van der Waals surface area contributed by atoms with Crippen LogP contribution in [0.5, 0.6) is 0 Å². The van der Waals surface area contributed by atoms with Gasteiger partial charge in [-0.3, -0.25) is 0 Å². The Morgan fingerprint density at radius 2 is 1.33 bits per heavy atom. The molecule has 6 atom stereocenters. The highest BCUT2D eigenvalue weighted by molar-refractivity contribution is 5.50. The number of rotatable bonds is 12. The molecule has 0 fully saturated rings. The zero-order chi connectivity index (χ0) is 18.5. The lowest BCUT2D eigenvalue weighted by Crippen LogP contribution is -2.19. The van der Waals surface area contributed by atoms with E-state index in [-0.39, 0.29) is 0 Å². The fourth-order valence-corrected chi connectivity index (χ4v) is 5.29. The zero-order valence-corrected chi connectivity index (χ0v) is 18.3. The lowest BCUT2D eigenvalue weighted by molar-refractivity contribution is 0.236. The number of hydrogen-bond donors (Lipinski definition) is 0. The first-order chi connectivity index (χ1) is 11.2. The highest BCUT2D eigenvalue weighted by Crippen LogP contribution is 2.62. The van der Waals surface area contributed by atoms with Crippen LogP contribution in [-0.4, -0.2) is 0 Å². The molecule has 0 nitrogen and oxygen atoms in total. The number of unbranched alkanes of at least 4 members (excludes halogenated alkanes) is 1. The SMILES string of the molecule is CCCCC(C)C1=C(C(C)CC(C)C(C)C(C)CCC)C1(C)CC. The summed E-state index contributed by atoms with van der Waals surface area (Å²) in [5, 5.41) is 0. The third-order valence-corrected chi connectivity index (χ3v) is 7.36. The summed E-state index contributed by atoms with van der Waals surface area (Å²) in [5.74, 6) is 4.13. The molecule has 0 saturated carbocycles. The maximum Gasteiger partial charge on any atom is 0.0101 e. The largest absolute Gasteiger partial charge is 0.0654 e.